The molecule has 3 aromatic rings. The molecule has 2 aromatic heterocycles. The monoisotopic (exact) mass is 390 g/mol. The number of methoxy groups -OCH3 is 1. The van der Waals surface area contributed by atoms with Gasteiger partial charge in [0, 0.05) is 54.7 Å². The topological polar surface area (TPSA) is 59.4 Å². The summed E-state index contributed by atoms with van der Waals surface area (Å²) in [6.45, 7) is 4.40. The van der Waals surface area contributed by atoms with Crippen LogP contribution in [-0.4, -0.2) is 40.7 Å². The summed E-state index contributed by atoms with van der Waals surface area (Å²) in [7, 11) is 1.62. The molecule has 0 spiro atoms. The van der Waals surface area contributed by atoms with Gasteiger partial charge in [0.25, 0.3) is 0 Å². The van der Waals surface area contributed by atoms with Crippen LogP contribution in [0.5, 0.6) is 5.75 Å². The number of benzene rings is 1. The molecule has 1 N–H and O–H groups in total. The van der Waals surface area contributed by atoms with E-state index in [4.69, 9.17) is 4.74 Å². The van der Waals surface area contributed by atoms with Gasteiger partial charge in [0.05, 0.1) is 7.11 Å². The molecule has 3 heterocycles. The molecule has 29 heavy (non-hydrogen) atoms. The lowest BCUT2D eigenvalue weighted by molar-refractivity contribution is 0.217. The van der Waals surface area contributed by atoms with Crippen LogP contribution in [0.25, 0.3) is 16.6 Å². The molecule has 150 valence electrons. The van der Waals surface area contributed by atoms with Gasteiger partial charge < -0.3 is 19.5 Å². The lowest BCUT2D eigenvalue weighted by atomic mass is 10.00. The maximum absolute atomic E-state index is 12.6. The quantitative estimate of drug-likeness (QED) is 0.682. The molecule has 2 amide bonds. The predicted octanol–water partition coefficient (Wildman–Crippen LogP) is 4.78. The highest BCUT2D eigenvalue weighted by Gasteiger charge is 2.20. The smallest absolute Gasteiger partial charge is 0.322 e. The van der Waals surface area contributed by atoms with E-state index in [1.54, 1.807) is 7.11 Å². The molecule has 1 aromatic carbocycles. The van der Waals surface area contributed by atoms with Crippen LogP contribution < -0.4 is 10.1 Å². The van der Waals surface area contributed by atoms with Crippen molar-refractivity contribution in [1.82, 2.24) is 14.5 Å². The Morgan fingerprint density at radius 3 is 2.93 bits per heavy atom. The molecular weight excluding hydrogens is 364 g/mol. The van der Waals surface area contributed by atoms with E-state index in [2.05, 4.69) is 40.1 Å². The van der Waals surface area contributed by atoms with Crippen LogP contribution in [0, 0.1) is 0 Å². The molecule has 0 bridgehead atoms. The summed E-state index contributed by atoms with van der Waals surface area (Å²) in [6, 6.07) is 11.4. The van der Waals surface area contributed by atoms with Crippen LogP contribution >= 0.6 is 0 Å². The summed E-state index contributed by atoms with van der Waals surface area (Å²) in [6.07, 6.45) is 8.10. The van der Waals surface area contributed by atoms with E-state index in [9.17, 15) is 4.79 Å². The van der Waals surface area contributed by atoms with Crippen molar-refractivity contribution >= 4 is 28.3 Å². The van der Waals surface area contributed by atoms with E-state index >= 15 is 0 Å². The van der Waals surface area contributed by atoms with E-state index in [1.165, 1.54) is 16.5 Å². The molecule has 0 atom stereocenters. The standard InChI is InChI=1S/C23H26N4O2/c1-3-12-27-16-21(20-8-5-11-24-22(20)27)17-9-13-26(14-10-17)23(28)25-18-6-4-7-19(15-18)29-2/h4-9,11,15-16H,3,10,12-14H2,1-2H3,(H,25,28). The molecular formula is C23H26N4O2. The highest BCUT2D eigenvalue weighted by atomic mass is 16.5. The number of nitrogens with one attached hydrogen (secondary N) is 1. The molecule has 6 heteroatoms. The predicted molar refractivity (Wildman–Crippen MR) is 116 cm³/mol. The van der Waals surface area contributed by atoms with Crippen molar-refractivity contribution in [1.29, 1.82) is 0 Å². The molecule has 1 aliphatic rings. The second-order valence-electron chi connectivity index (χ2n) is 7.20. The second-order valence-corrected chi connectivity index (χ2v) is 7.20. The number of urea groups is 1. The minimum absolute atomic E-state index is 0.0939. The Labute approximate surface area is 170 Å². The average Bonchev–Trinajstić information content (AvgIpc) is 3.13. The van der Waals surface area contributed by atoms with Crippen LogP contribution in [0.1, 0.15) is 25.3 Å². The van der Waals surface area contributed by atoms with Crippen molar-refractivity contribution in [2.24, 2.45) is 0 Å². The van der Waals surface area contributed by atoms with E-state index < -0.39 is 0 Å². The molecule has 0 unspecified atom stereocenters. The zero-order valence-corrected chi connectivity index (χ0v) is 16.9. The Kier molecular flexibility index (Phi) is 5.51. The third-order valence-electron chi connectivity index (χ3n) is 5.26. The highest BCUT2D eigenvalue weighted by molar-refractivity contribution is 5.93. The van der Waals surface area contributed by atoms with Gasteiger partial charge in [0.1, 0.15) is 11.4 Å². The number of amides is 2. The fraction of sp³-hybridized carbons (Fsp3) is 0.304. The number of anilines is 1. The van der Waals surface area contributed by atoms with Crippen LogP contribution in [0.3, 0.4) is 0 Å². The van der Waals surface area contributed by atoms with Crippen molar-refractivity contribution < 1.29 is 9.53 Å². The van der Waals surface area contributed by atoms with Crippen molar-refractivity contribution in [3.8, 4) is 5.75 Å². The van der Waals surface area contributed by atoms with Gasteiger partial charge in [0.2, 0.25) is 0 Å². The summed E-state index contributed by atoms with van der Waals surface area (Å²) in [5.74, 6) is 0.723. The third kappa shape index (κ3) is 3.97. The number of aromatic nitrogens is 2. The normalized spacial score (nSPS) is 14.0. The number of pyridine rings is 1. The largest absolute Gasteiger partial charge is 0.497 e. The molecule has 0 aliphatic carbocycles. The summed E-state index contributed by atoms with van der Waals surface area (Å²) >= 11 is 0. The number of rotatable bonds is 5. The van der Waals surface area contributed by atoms with Crippen LogP contribution in [0.4, 0.5) is 10.5 Å². The summed E-state index contributed by atoms with van der Waals surface area (Å²) < 4.78 is 7.45. The zero-order chi connectivity index (χ0) is 20.2. The van der Waals surface area contributed by atoms with Crippen LogP contribution in [-0.2, 0) is 6.54 Å². The molecule has 0 fully saturated rings. The van der Waals surface area contributed by atoms with E-state index in [0.29, 0.717) is 13.1 Å². The van der Waals surface area contributed by atoms with Crippen LogP contribution in [0.15, 0.2) is 54.9 Å². The SMILES string of the molecule is CCCn1cc(C2=CCN(C(=O)Nc3cccc(OC)c3)CC2)c2cccnc21. The van der Waals surface area contributed by atoms with Crippen molar-refractivity contribution in [3.63, 3.8) is 0 Å². The number of hydrogen-bond acceptors (Lipinski definition) is 3. The first kappa shape index (κ1) is 19.1. The van der Waals surface area contributed by atoms with E-state index in [0.717, 1.165) is 36.5 Å². The lowest BCUT2D eigenvalue weighted by Crippen LogP contribution is -2.37. The Bertz CT molecular complexity index is 1050. The lowest BCUT2D eigenvalue weighted by Gasteiger charge is -2.26. The first-order valence-electron chi connectivity index (χ1n) is 10.0. The summed E-state index contributed by atoms with van der Waals surface area (Å²) in [5.41, 5.74) is 4.28. The van der Waals surface area contributed by atoms with Gasteiger partial charge in [-0.05, 0) is 42.7 Å². The maximum atomic E-state index is 12.6. The number of carbonyl (C=O) groups excluding carboxylic acids is 1. The number of ether oxygens (including phenoxy) is 1. The van der Waals surface area contributed by atoms with Gasteiger partial charge in [-0.2, -0.15) is 0 Å². The second kappa shape index (κ2) is 8.39. The Morgan fingerprint density at radius 2 is 2.17 bits per heavy atom. The van der Waals surface area contributed by atoms with Crippen molar-refractivity contribution in [2.45, 2.75) is 26.3 Å². The summed E-state index contributed by atoms with van der Waals surface area (Å²) in [5, 5.41) is 4.14. The molecule has 4 rings (SSSR count). The van der Waals surface area contributed by atoms with Gasteiger partial charge in [-0.1, -0.05) is 19.1 Å². The van der Waals surface area contributed by atoms with E-state index in [1.807, 2.05) is 41.4 Å². The summed E-state index contributed by atoms with van der Waals surface area (Å²) in [4.78, 5) is 19.0. The fourth-order valence-electron chi connectivity index (χ4n) is 3.79. The number of nitrogens with zero attached hydrogens (tertiary/aromatic N) is 3. The Morgan fingerprint density at radius 1 is 1.28 bits per heavy atom. The van der Waals surface area contributed by atoms with Gasteiger partial charge in [-0.25, -0.2) is 9.78 Å². The molecule has 0 saturated carbocycles. The Hall–Kier alpha value is -3.28. The number of hydrogen-bond donors (Lipinski definition) is 1. The van der Waals surface area contributed by atoms with Crippen LogP contribution in [0.2, 0.25) is 0 Å². The maximum Gasteiger partial charge on any atom is 0.322 e. The first-order chi connectivity index (χ1) is 14.2. The molecule has 1 aliphatic heterocycles. The van der Waals surface area contributed by atoms with Crippen molar-refractivity contribution in [3.05, 3.63) is 60.4 Å². The Balaban J connectivity index is 1.50. The minimum atomic E-state index is -0.0939. The number of fused-ring (bicyclic) bond motifs is 1. The number of aryl methyl sites for hydroxylation is 1. The third-order valence-corrected chi connectivity index (χ3v) is 5.26. The first-order valence-corrected chi connectivity index (χ1v) is 10.0. The highest BCUT2D eigenvalue weighted by Crippen LogP contribution is 2.30. The van der Waals surface area contributed by atoms with Gasteiger partial charge in [0.15, 0.2) is 0 Å². The van der Waals surface area contributed by atoms with Gasteiger partial charge in [-0.3, -0.25) is 0 Å². The van der Waals surface area contributed by atoms with E-state index in [-0.39, 0.29) is 6.03 Å². The molecule has 6 nitrogen and oxygen atoms in total. The average molecular weight is 390 g/mol. The molecule has 0 saturated heterocycles. The number of carbonyl (C=O) groups is 1. The van der Waals surface area contributed by atoms with Gasteiger partial charge in [-0.15, -0.1) is 0 Å². The fourth-order valence-corrected chi connectivity index (χ4v) is 3.79. The van der Waals surface area contributed by atoms with Crippen molar-refractivity contribution in [2.75, 3.05) is 25.5 Å². The molecule has 0 radical (unpaired) electrons. The zero-order valence-electron chi connectivity index (χ0n) is 16.9. The van der Waals surface area contributed by atoms with Gasteiger partial charge >= 0.3 is 6.03 Å². The minimum Gasteiger partial charge on any atom is -0.497 e.